The minimum absolute atomic E-state index is 0.163. The van der Waals surface area contributed by atoms with Crippen LogP contribution in [-0.2, 0) is 6.42 Å². The second-order valence-corrected chi connectivity index (χ2v) is 5.98. The molecule has 1 nitrogen and oxygen atoms in total. The van der Waals surface area contributed by atoms with Crippen molar-refractivity contribution in [2.75, 3.05) is 12.8 Å². The molecule has 0 aliphatic heterocycles. The lowest BCUT2D eigenvalue weighted by molar-refractivity contribution is 0.538. The van der Waals surface area contributed by atoms with E-state index in [1.54, 1.807) is 17.8 Å². The van der Waals surface area contributed by atoms with Crippen molar-refractivity contribution in [1.29, 1.82) is 0 Å². The van der Waals surface area contributed by atoms with E-state index in [9.17, 15) is 4.39 Å². The molecule has 0 saturated heterocycles. The molecule has 0 radical (unpaired) electrons. The fourth-order valence-electron chi connectivity index (χ4n) is 2.57. The fourth-order valence-corrected chi connectivity index (χ4v) is 3.23. The molecule has 0 aliphatic rings. The van der Waals surface area contributed by atoms with Crippen molar-refractivity contribution < 1.29 is 4.39 Å². The Hall–Kier alpha value is -1.32. The molecule has 21 heavy (non-hydrogen) atoms. The predicted molar refractivity (Wildman–Crippen MR) is 89.5 cm³/mol. The number of halogens is 1. The Morgan fingerprint density at radius 3 is 2.67 bits per heavy atom. The SMILES string of the molecule is CCNC(Cc1cc(F)ccc1C)c1ccccc1SC. The first-order chi connectivity index (χ1) is 10.2. The van der Waals surface area contributed by atoms with E-state index in [1.165, 1.54) is 16.5 Å². The number of thioether (sulfide) groups is 1. The number of nitrogens with one attached hydrogen (secondary N) is 1. The topological polar surface area (TPSA) is 12.0 Å². The first-order valence-corrected chi connectivity index (χ1v) is 8.49. The lowest BCUT2D eigenvalue weighted by Gasteiger charge is -2.22. The number of benzene rings is 2. The number of aryl methyl sites for hydroxylation is 1. The Morgan fingerprint density at radius 1 is 1.19 bits per heavy atom. The highest BCUT2D eigenvalue weighted by molar-refractivity contribution is 7.98. The van der Waals surface area contributed by atoms with E-state index in [0.717, 1.165) is 24.1 Å². The van der Waals surface area contributed by atoms with Crippen molar-refractivity contribution in [3.05, 3.63) is 65.0 Å². The molecule has 1 atom stereocenters. The van der Waals surface area contributed by atoms with E-state index in [0.29, 0.717) is 0 Å². The molecule has 1 N–H and O–H groups in total. The zero-order chi connectivity index (χ0) is 15.2. The molecule has 0 aliphatic carbocycles. The maximum Gasteiger partial charge on any atom is 0.123 e. The summed E-state index contributed by atoms with van der Waals surface area (Å²) in [6.45, 7) is 5.03. The molecule has 1 unspecified atom stereocenters. The van der Waals surface area contributed by atoms with E-state index in [1.807, 2.05) is 13.0 Å². The summed E-state index contributed by atoms with van der Waals surface area (Å²) in [7, 11) is 0. The average molecular weight is 303 g/mol. The Bertz CT molecular complexity index is 598. The van der Waals surface area contributed by atoms with Crippen molar-refractivity contribution in [3.8, 4) is 0 Å². The predicted octanol–water partition coefficient (Wildman–Crippen LogP) is 4.75. The zero-order valence-electron chi connectivity index (χ0n) is 12.8. The van der Waals surface area contributed by atoms with Gasteiger partial charge in [-0.2, -0.15) is 0 Å². The molecule has 2 aromatic carbocycles. The largest absolute Gasteiger partial charge is 0.310 e. The quantitative estimate of drug-likeness (QED) is 0.773. The maximum absolute atomic E-state index is 13.5. The van der Waals surface area contributed by atoms with E-state index < -0.39 is 0 Å². The van der Waals surface area contributed by atoms with E-state index >= 15 is 0 Å². The Labute approximate surface area is 131 Å². The van der Waals surface area contributed by atoms with Crippen LogP contribution in [-0.4, -0.2) is 12.8 Å². The van der Waals surface area contributed by atoms with Gasteiger partial charge in [-0.15, -0.1) is 11.8 Å². The van der Waals surface area contributed by atoms with Gasteiger partial charge in [0, 0.05) is 10.9 Å². The van der Waals surface area contributed by atoms with Crippen molar-refractivity contribution in [3.63, 3.8) is 0 Å². The molecule has 2 rings (SSSR count). The van der Waals surface area contributed by atoms with Crippen LogP contribution in [0, 0.1) is 12.7 Å². The molecule has 0 fully saturated rings. The van der Waals surface area contributed by atoms with Gasteiger partial charge in [0.25, 0.3) is 0 Å². The van der Waals surface area contributed by atoms with Gasteiger partial charge in [-0.3, -0.25) is 0 Å². The van der Waals surface area contributed by atoms with Gasteiger partial charge in [-0.1, -0.05) is 31.2 Å². The summed E-state index contributed by atoms with van der Waals surface area (Å²) in [6.07, 6.45) is 2.89. The molecule has 3 heteroatoms. The highest BCUT2D eigenvalue weighted by atomic mass is 32.2. The van der Waals surface area contributed by atoms with Gasteiger partial charge >= 0.3 is 0 Å². The summed E-state index contributed by atoms with van der Waals surface area (Å²) >= 11 is 1.75. The van der Waals surface area contributed by atoms with Crippen LogP contribution >= 0.6 is 11.8 Å². The first kappa shape index (κ1) is 16.1. The number of likely N-dealkylation sites (N-methyl/N-ethyl adjacent to an activating group) is 1. The van der Waals surface area contributed by atoms with E-state index in [4.69, 9.17) is 0 Å². The van der Waals surface area contributed by atoms with Crippen molar-refractivity contribution in [2.24, 2.45) is 0 Å². The second-order valence-electron chi connectivity index (χ2n) is 5.13. The number of hydrogen-bond acceptors (Lipinski definition) is 2. The smallest absolute Gasteiger partial charge is 0.123 e. The van der Waals surface area contributed by atoms with Crippen LogP contribution in [0.1, 0.15) is 29.7 Å². The van der Waals surface area contributed by atoms with E-state index in [2.05, 4.69) is 42.8 Å². The minimum atomic E-state index is -0.163. The molecule has 0 spiro atoms. The fraction of sp³-hybridized carbons (Fsp3) is 0.333. The van der Waals surface area contributed by atoms with Crippen LogP contribution in [0.5, 0.6) is 0 Å². The van der Waals surface area contributed by atoms with Gasteiger partial charge in [0.15, 0.2) is 0 Å². The molecule has 0 saturated carbocycles. The van der Waals surface area contributed by atoms with Gasteiger partial charge in [0.05, 0.1) is 0 Å². The molecule has 0 aromatic heterocycles. The zero-order valence-corrected chi connectivity index (χ0v) is 13.6. The summed E-state index contributed by atoms with van der Waals surface area (Å²) in [5.74, 6) is -0.163. The van der Waals surface area contributed by atoms with Gasteiger partial charge in [-0.25, -0.2) is 4.39 Å². The van der Waals surface area contributed by atoms with Crippen LogP contribution in [0.25, 0.3) is 0 Å². The highest BCUT2D eigenvalue weighted by Gasteiger charge is 2.16. The summed E-state index contributed by atoms with van der Waals surface area (Å²) in [4.78, 5) is 1.28. The molecule has 112 valence electrons. The first-order valence-electron chi connectivity index (χ1n) is 7.27. The highest BCUT2D eigenvalue weighted by Crippen LogP contribution is 2.29. The molecular formula is C18H22FNS. The average Bonchev–Trinajstić information content (AvgIpc) is 2.50. The van der Waals surface area contributed by atoms with Crippen LogP contribution in [0.15, 0.2) is 47.4 Å². The third-order valence-electron chi connectivity index (χ3n) is 3.70. The monoisotopic (exact) mass is 303 g/mol. The third-order valence-corrected chi connectivity index (χ3v) is 4.51. The Kier molecular flexibility index (Phi) is 5.83. The summed E-state index contributed by atoms with van der Waals surface area (Å²) in [6, 6.07) is 13.7. The van der Waals surface area contributed by atoms with Gasteiger partial charge in [0.2, 0.25) is 0 Å². The second kappa shape index (κ2) is 7.62. The summed E-state index contributed by atoms with van der Waals surface area (Å²) < 4.78 is 13.5. The lowest BCUT2D eigenvalue weighted by Crippen LogP contribution is -2.23. The Balaban J connectivity index is 2.33. The normalized spacial score (nSPS) is 12.4. The van der Waals surface area contributed by atoms with Gasteiger partial charge in [-0.05, 0) is 61.0 Å². The lowest BCUT2D eigenvalue weighted by atomic mass is 9.96. The summed E-state index contributed by atoms with van der Waals surface area (Å²) in [5, 5.41) is 3.53. The van der Waals surface area contributed by atoms with E-state index in [-0.39, 0.29) is 11.9 Å². The molecule has 0 bridgehead atoms. The van der Waals surface area contributed by atoms with Crippen LogP contribution in [0.4, 0.5) is 4.39 Å². The van der Waals surface area contributed by atoms with Crippen molar-refractivity contribution in [2.45, 2.75) is 31.2 Å². The van der Waals surface area contributed by atoms with Crippen molar-refractivity contribution >= 4 is 11.8 Å². The summed E-state index contributed by atoms with van der Waals surface area (Å²) in [5.41, 5.74) is 3.49. The number of hydrogen-bond donors (Lipinski definition) is 1. The molecular weight excluding hydrogens is 281 g/mol. The number of rotatable bonds is 6. The third kappa shape index (κ3) is 4.08. The Morgan fingerprint density at radius 2 is 1.95 bits per heavy atom. The van der Waals surface area contributed by atoms with Crippen LogP contribution < -0.4 is 5.32 Å². The maximum atomic E-state index is 13.5. The van der Waals surface area contributed by atoms with Crippen LogP contribution in [0.2, 0.25) is 0 Å². The molecule has 0 heterocycles. The standard InChI is InChI=1S/C18H22FNS/c1-4-20-17(16-7-5-6-8-18(16)21-3)12-14-11-15(19)10-9-13(14)2/h5-11,17,20H,4,12H2,1-3H3. The molecule has 2 aromatic rings. The van der Waals surface area contributed by atoms with Gasteiger partial charge < -0.3 is 5.32 Å². The van der Waals surface area contributed by atoms with Gasteiger partial charge in [0.1, 0.15) is 5.82 Å². The van der Waals surface area contributed by atoms with Crippen LogP contribution in [0.3, 0.4) is 0 Å². The van der Waals surface area contributed by atoms with Crippen molar-refractivity contribution in [1.82, 2.24) is 5.32 Å². The minimum Gasteiger partial charge on any atom is -0.310 e. The molecule has 0 amide bonds.